The van der Waals surface area contributed by atoms with Gasteiger partial charge in [0.25, 0.3) is 20.2 Å². The zero-order valence-electron chi connectivity index (χ0n) is 12.4. The maximum atomic E-state index is 10.3. The summed E-state index contributed by atoms with van der Waals surface area (Å²) >= 11 is 0. The molecular formula is C6H16Na2O6S4. The summed E-state index contributed by atoms with van der Waals surface area (Å²) in [7, 11) is -4.93. The van der Waals surface area contributed by atoms with Gasteiger partial charge in [-0.25, -0.2) is 0 Å². The third-order valence-electron chi connectivity index (χ3n) is 1.34. The summed E-state index contributed by atoms with van der Waals surface area (Å²) in [4.78, 5) is 0. The smallest absolute Gasteiger partial charge is 1.00 e. The summed E-state index contributed by atoms with van der Waals surface area (Å²) in [6, 6.07) is 0. The second-order valence-corrected chi connectivity index (χ2v) is 8.77. The molecule has 0 saturated heterocycles. The first-order chi connectivity index (χ1) is 7.21. The van der Waals surface area contributed by atoms with E-state index in [1.807, 2.05) is 0 Å². The summed E-state index contributed by atoms with van der Waals surface area (Å²) in [6.07, 6.45) is 0.712. The summed E-state index contributed by atoms with van der Waals surface area (Å²) in [6.45, 7) is 0. The van der Waals surface area contributed by atoms with E-state index < -0.39 is 20.2 Å². The van der Waals surface area contributed by atoms with Crippen molar-refractivity contribution in [1.29, 1.82) is 0 Å². The van der Waals surface area contributed by atoms with Crippen molar-refractivity contribution in [1.82, 2.24) is 0 Å². The van der Waals surface area contributed by atoms with Crippen LogP contribution in [0.3, 0.4) is 0 Å². The zero-order valence-corrected chi connectivity index (χ0v) is 17.7. The van der Waals surface area contributed by atoms with Gasteiger partial charge in [0.2, 0.25) is 0 Å². The third-order valence-corrected chi connectivity index (χ3v) is 5.53. The Bertz CT molecular complexity index is 352. The Hall–Kier alpha value is 2.52. The van der Waals surface area contributed by atoms with Gasteiger partial charge in [0.15, 0.2) is 0 Å². The molecule has 18 heavy (non-hydrogen) atoms. The Balaban J connectivity index is -0.000000187. The summed E-state index contributed by atoms with van der Waals surface area (Å²) < 4.78 is 58.1. The van der Waals surface area contributed by atoms with Crippen molar-refractivity contribution in [3.8, 4) is 0 Å². The minimum atomic E-state index is -3.88. The van der Waals surface area contributed by atoms with E-state index in [1.165, 1.54) is 21.6 Å². The summed E-state index contributed by atoms with van der Waals surface area (Å²) in [5.74, 6) is 0.615. The van der Waals surface area contributed by atoms with Gasteiger partial charge in [0, 0.05) is 11.5 Å². The van der Waals surface area contributed by atoms with Crippen LogP contribution in [0.25, 0.3) is 0 Å². The molecule has 0 aromatic heterocycles. The molecule has 0 aromatic carbocycles. The van der Waals surface area contributed by atoms with Crippen LogP contribution in [0.2, 0.25) is 0 Å². The van der Waals surface area contributed by atoms with Crippen molar-refractivity contribution in [3.63, 3.8) is 0 Å². The molecule has 0 aliphatic rings. The van der Waals surface area contributed by atoms with E-state index in [-0.39, 0.29) is 73.5 Å². The predicted molar refractivity (Wildman–Crippen MR) is 69.2 cm³/mol. The van der Waals surface area contributed by atoms with Crippen molar-refractivity contribution < 1.29 is 87.9 Å². The van der Waals surface area contributed by atoms with Gasteiger partial charge in [-0.1, -0.05) is 21.6 Å². The van der Waals surface area contributed by atoms with Gasteiger partial charge in [-0.2, -0.15) is 16.8 Å². The standard InChI is InChI=1S/C6H14O6S4.2Na.2H/c7-15(8,9)5-1-3-13-14-4-2-6-16(10,11)12;;;;/h1-6H2,(H,7,8,9)(H,10,11,12);;;;/q;2*+1;2*-1. The first-order valence-corrected chi connectivity index (χ1v) is 10.1. The molecule has 102 valence electrons. The summed E-state index contributed by atoms with van der Waals surface area (Å²) in [5.41, 5.74) is 0. The summed E-state index contributed by atoms with van der Waals surface area (Å²) in [5, 5.41) is 0. The third kappa shape index (κ3) is 23.6. The monoisotopic (exact) mass is 358 g/mol. The minimum absolute atomic E-state index is 0. The van der Waals surface area contributed by atoms with Crippen LogP contribution in [0, 0.1) is 0 Å². The molecule has 0 atom stereocenters. The van der Waals surface area contributed by atoms with Crippen LogP contribution in [0.1, 0.15) is 15.7 Å². The molecule has 0 heterocycles. The molecule has 0 bridgehead atoms. The Kier molecular flexibility index (Phi) is 18.7. The van der Waals surface area contributed by atoms with Crippen molar-refractivity contribution in [2.24, 2.45) is 0 Å². The van der Waals surface area contributed by atoms with Crippen LogP contribution < -0.4 is 59.1 Å². The molecule has 0 saturated carbocycles. The average Bonchev–Trinajstić information content (AvgIpc) is 2.06. The average molecular weight is 358 g/mol. The first kappa shape index (κ1) is 25.5. The zero-order chi connectivity index (χ0) is 12.7. The molecule has 0 aliphatic heterocycles. The maximum Gasteiger partial charge on any atom is 1.00 e. The van der Waals surface area contributed by atoms with Crippen LogP contribution in [-0.2, 0) is 20.2 Å². The van der Waals surface area contributed by atoms with E-state index >= 15 is 0 Å². The maximum absolute atomic E-state index is 10.3. The van der Waals surface area contributed by atoms with E-state index in [4.69, 9.17) is 9.11 Å². The molecule has 0 rings (SSSR count). The van der Waals surface area contributed by atoms with Crippen LogP contribution in [-0.4, -0.2) is 49.0 Å². The number of hydrogen-bond donors (Lipinski definition) is 2. The molecule has 2 N–H and O–H groups in total. The van der Waals surface area contributed by atoms with Crippen molar-refractivity contribution >= 4 is 41.8 Å². The van der Waals surface area contributed by atoms with E-state index in [0.29, 0.717) is 24.3 Å². The Morgan fingerprint density at radius 1 is 0.778 bits per heavy atom. The fourth-order valence-electron chi connectivity index (χ4n) is 0.718. The van der Waals surface area contributed by atoms with Gasteiger partial charge >= 0.3 is 59.1 Å². The molecule has 0 spiro atoms. The second-order valence-electron chi connectivity index (χ2n) is 2.92. The Labute approximate surface area is 163 Å². The normalized spacial score (nSPS) is 11.4. The molecular weight excluding hydrogens is 342 g/mol. The van der Waals surface area contributed by atoms with Crippen LogP contribution in [0.4, 0.5) is 0 Å². The Morgan fingerprint density at radius 2 is 1.06 bits per heavy atom. The predicted octanol–water partition coefficient (Wildman–Crippen LogP) is -4.84. The fraction of sp³-hybridized carbons (Fsp3) is 1.00. The first-order valence-electron chi connectivity index (χ1n) is 4.35. The second kappa shape index (κ2) is 13.2. The van der Waals surface area contributed by atoms with Gasteiger partial charge in [-0.05, 0) is 12.8 Å². The van der Waals surface area contributed by atoms with E-state index in [0.717, 1.165) is 0 Å². The van der Waals surface area contributed by atoms with E-state index in [2.05, 4.69) is 0 Å². The quantitative estimate of drug-likeness (QED) is 0.183. The fourth-order valence-corrected chi connectivity index (χ4v) is 4.28. The Morgan fingerprint density at radius 3 is 1.28 bits per heavy atom. The van der Waals surface area contributed by atoms with Gasteiger partial charge in [0.05, 0.1) is 11.5 Å². The van der Waals surface area contributed by atoms with Crippen molar-refractivity contribution in [2.45, 2.75) is 12.8 Å². The number of hydrogen-bond acceptors (Lipinski definition) is 6. The van der Waals surface area contributed by atoms with Crippen molar-refractivity contribution in [3.05, 3.63) is 0 Å². The topological polar surface area (TPSA) is 109 Å². The molecule has 0 unspecified atom stereocenters. The van der Waals surface area contributed by atoms with Gasteiger partial charge in [-0.15, -0.1) is 0 Å². The molecule has 0 amide bonds. The van der Waals surface area contributed by atoms with Gasteiger partial charge in [-0.3, -0.25) is 9.11 Å². The molecule has 12 heteroatoms. The van der Waals surface area contributed by atoms with E-state index in [9.17, 15) is 16.8 Å². The SMILES string of the molecule is O=S(=O)(O)CCCSSCCCS(=O)(=O)O.[H-].[H-].[Na+].[Na+]. The molecule has 0 aliphatic carbocycles. The minimum Gasteiger partial charge on any atom is -1.00 e. The number of rotatable bonds is 9. The van der Waals surface area contributed by atoms with Crippen molar-refractivity contribution in [2.75, 3.05) is 23.0 Å². The largest absolute Gasteiger partial charge is 1.00 e. The van der Waals surface area contributed by atoms with Gasteiger partial charge in [0.1, 0.15) is 0 Å². The molecule has 0 aromatic rings. The molecule has 0 fully saturated rings. The van der Waals surface area contributed by atoms with Gasteiger partial charge < -0.3 is 2.85 Å². The molecule has 6 nitrogen and oxygen atoms in total. The van der Waals surface area contributed by atoms with Crippen LogP contribution in [0.15, 0.2) is 0 Å². The van der Waals surface area contributed by atoms with E-state index in [1.54, 1.807) is 0 Å². The van der Waals surface area contributed by atoms with Crippen LogP contribution in [0.5, 0.6) is 0 Å². The van der Waals surface area contributed by atoms with Crippen LogP contribution >= 0.6 is 21.6 Å². The molecule has 0 radical (unpaired) electrons.